The zero-order valence-electron chi connectivity index (χ0n) is 28.1. The van der Waals surface area contributed by atoms with Crippen LogP contribution in [0, 0.1) is 0 Å². The molecule has 0 spiro atoms. The number of amides is 1. The number of aliphatic hydroxyl groups excluding tert-OH is 1. The molecule has 0 saturated carbocycles. The third kappa shape index (κ3) is 28.7. The van der Waals surface area contributed by atoms with Gasteiger partial charge in [0.05, 0.1) is 39.9 Å². The maximum atomic E-state index is 12.7. The Balaban J connectivity index is 4.67. The fourth-order valence-electron chi connectivity index (χ4n) is 3.76. The van der Waals surface area contributed by atoms with Crippen LogP contribution in [0.5, 0.6) is 0 Å². The quantitative estimate of drug-likeness (QED) is 0.0369. The maximum Gasteiger partial charge on any atom is 0.472 e. The zero-order chi connectivity index (χ0) is 32.9. The summed E-state index contributed by atoms with van der Waals surface area (Å²) < 4.78 is 23.2. The number of nitrogens with one attached hydrogen (secondary N) is 1. The number of carbonyl (C=O) groups is 1. The van der Waals surface area contributed by atoms with Crippen LogP contribution in [0.25, 0.3) is 0 Å². The van der Waals surface area contributed by atoms with Crippen LogP contribution >= 0.6 is 7.82 Å². The van der Waals surface area contributed by atoms with Crippen LogP contribution in [0.15, 0.2) is 72.9 Å². The van der Waals surface area contributed by atoms with E-state index in [1.54, 1.807) is 6.08 Å². The second-order valence-electron chi connectivity index (χ2n) is 11.8. The molecule has 0 aromatic rings. The fourth-order valence-corrected chi connectivity index (χ4v) is 4.49. The molecule has 0 aromatic carbocycles. The van der Waals surface area contributed by atoms with Gasteiger partial charge in [0.2, 0.25) is 5.91 Å². The Hall–Kier alpha value is -2.06. The van der Waals surface area contributed by atoms with Crippen LogP contribution in [0.4, 0.5) is 0 Å². The molecule has 0 aliphatic heterocycles. The fraction of sp³-hybridized carbons (Fsp3) is 0.629. The molecule has 0 heterocycles. The Morgan fingerprint density at radius 2 is 1.36 bits per heavy atom. The summed E-state index contributed by atoms with van der Waals surface area (Å²) in [5, 5.41) is 13.5. The summed E-state index contributed by atoms with van der Waals surface area (Å²) in [7, 11) is 1.50. The van der Waals surface area contributed by atoms with E-state index in [1.165, 1.54) is 0 Å². The van der Waals surface area contributed by atoms with Crippen LogP contribution in [0.1, 0.15) is 90.9 Å². The summed E-state index contributed by atoms with van der Waals surface area (Å²) in [4.78, 5) is 22.8. The topological polar surface area (TPSA) is 105 Å². The second kappa shape index (κ2) is 27.3. The van der Waals surface area contributed by atoms with Crippen LogP contribution in [-0.2, 0) is 18.4 Å². The molecule has 252 valence electrons. The van der Waals surface area contributed by atoms with E-state index in [9.17, 15) is 19.4 Å². The predicted molar refractivity (Wildman–Crippen MR) is 184 cm³/mol. The Bertz CT molecular complexity index is 949. The molecular weight excluding hydrogens is 575 g/mol. The van der Waals surface area contributed by atoms with E-state index < -0.39 is 20.0 Å². The SMILES string of the molecule is CC/C=C\C/C=C\C/C=C\C/C=C\CCCCC(=O)NC(COP(=O)(O)OCC[N+](C)(C)C)C(O)/C=C/CC/C=C/CCC. The number of phosphoric ester groups is 1. The van der Waals surface area contributed by atoms with Crippen molar-refractivity contribution in [2.24, 2.45) is 0 Å². The maximum absolute atomic E-state index is 12.7. The largest absolute Gasteiger partial charge is 0.472 e. The van der Waals surface area contributed by atoms with E-state index in [4.69, 9.17) is 9.05 Å². The highest BCUT2D eigenvalue weighted by molar-refractivity contribution is 7.47. The van der Waals surface area contributed by atoms with Crippen LogP contribution < -0.4 is 5.32 Å². The third-order valence-corrected chi connectivity index (χ3v) is 7.38. The number of carbonyl (C=O) groups excluding carboxylic acids is 1. The highest BCUT2D eigenvalue weighted by atomic mass is 31.2. The molecule has 0 saturated heterocycles. The zero-order valence-corrected chi connectivity index (χ0v) is 29.0. The standard InChI is InChI=1S/C35H61N2O6P/c1-6-8-10-12-14-15-16-17-18-19-20-21-23-25-27-29-35(39)36-33(34(38)28-26-24-22-13-11-9-7-2)32-43-44(40,41)42-31-30-37(3,4)5/h8,10-11,13-15,17-18,20-21,26,28,33-34,38H,6-7,9,12,16,19,22-25,27,29-32H2,1-5H3,(H-,36,39,40,41)/p+1/b10-8-,13-11+,15-14-,18-17-,21-20-,28-26+. The number of unbranched alkanes of at least 4 members (excludes halogenated alkanes) is 4. The molecule has 8 nitrogen and oxygen atoms in total. The average molecular weight is 638 g/mol. The average Bonchev–Trinajstić information content (AvgIpc) is 2.95. The lowest BCUT2D eigenvalue weighted by Crippen LogP contribution is -2.45. The number of aliphatic hydroxyl groups is 1. The minimum absolute atomic E-state index is 0.0432. The molecule has 1 amide bonds. The smallest absolute Gasteiger partial charge is 0.387 e. The van der Waals surface area contributed by atoms with E-state index in [1.807, 2.05) is 27.2 Å². The van der Waals surface area contributed by atoms with Gasteiger partial charge in [0, 0.05) is 6.42 Å². The number of phosphoric acid groups is 1. The molecule has 0 radical (unpaired) electrons. The van der Waals surface area contributed by atoms with Crippen molar-refractivity contribution in [2.45, 2.75) is 103 Å². The van der Waals surface area contributed by atoms with Gasteiger partial charge in [-0.05, 0) is 64.2 Å². The van der Waals surface area contributed by atoms with Gasteiger partial charge >= 0.3 is 7.82 Å². The highest BCUT2D eigenvalue weighted by Crippen LogP contribution is 2.43. The Kier molecular flexibility index (Phi) is 26.0. The molecule has 0 aliphatic carbocycles. The summed E-state index contributed by atoms with van der Waals surface area (Å²) in [5.74, 6) is -0.238. The molecule has 3 unspecified atom stereocenters. The lowest BCUT2D eigenvalue weighted by Gasteiger charge is -2.25. The van der Waals surface area contributed by atoms with Gasteiger partial charge in [-0.15, -0.1) is 0 Å². The van der Waals surface area contributed by atoms with Crippen LogP contribution in [0.2, 0.25) is 0 Å². The molecule has 9 heteroatoms. The van der Waals surface area contributed by atoms with Crippen molar-refractivity contribution in [2.75, 3.05) is 40.9 Å². The molecule has 3 atom stereocenters. The van der Waals surface area contributed by atoms with Gasteiger partial charge in [0.1, 0.15) is 13.2 Å². The molecule has 0 fully saturated rings. The lowest BCUT2D eigenvalue weighted by atomic mass is 10.1. The third-order valence-electron chi connectivity index (χ3n) is 6.39. The van der Waals surface area contributed by atoms with Gasteiger partial charge in [0.25, 0.3) is 0 Å². The van der Waals surface area contributed by atoms with Crippen LogP contribution in [-0.4, -0.2) is 73.4 Å². The van der Waals surface area contributed by atoms with E-state index in [0.717, 1.165) is 64.2 Å². The minimum atomic E-state index is -4.34. The van der Waals surface area contributed by atoms with E-state index >= 15 is 0 Å². The molecule has 3 N–H and O–H groups in total. The number of quaternary nitrogens is 1. The first kappa shape index (κ1) is 41.9. The molecule has 0 aromatic heterocycles. The van der Waals surface area contributed by atoms with Gasteiger partial charge in [0.15, 0.2) is 0 Å². The number of likely N-dealkylation sites (N-methyl/N-ethyl adjacent to an activating group) is 1. The van der Waals surface area contributed by atoms with Gasteiger partial charge in [-0.25, -0.2) is 4.57 Å². The Morgan fingerprint density at radius 1 is 0.795 bits per heavy atom. The number of hydrogen-bond donors (Lipinski definition) is 3. The van der Waals surface area contributed by atoms with Crippen molar-refractivity contribution in [1.29, 1.82) is 0 Å². The number of nitrogens with zero attached hydrogens (tertiary/aromatic N) is 1. The van der Waals surface area contributed by atoms with Gasteiger partial charge in [-0.2, -0.15) is 0 Å². The van der Waals surface area contributed by atoms with Gasteiger partial charge < -0.3 is 19.8 Å². The summed E-state index contributed by atoms with van der Waals surface area (Å²) in [5.41, 5.74) is 0. The van der Waals surface area contributed by atoms with Crippen molar-refractivity contribution in [3.05, 3.63) is 72.9 Å². The van der Waals surface area contributed by atoms with Crippen molar-refractivity contribution in [3.63, 3.8) is 0 Å². The Morgan fingerprint density at radius 3 is 1.98 bits per heavy atom. The number of allylic oxidation sites excluding steroid dienone is 11. The second-order valence-corrected chi connectivity index (χ2v) is 13.2. The van der Waals surface area contributed by atoms with Crippen LogP contribution in [0.3, 0.4) is 0 Å². The highest BCUT2D eigenvalue weighted by Gasteiger charge is 2.27. The normalized spacial score (nSPS) is 15.9. The summed E-state index contributed by atoms with van der Waals surface area (Å²) in [6.07, 6.45) is 34.3. The molecule has 0 bridgehead atoms. The van der Waals surface area contributed by atoms with Crippen molar-refractivity contribution in [3.8, 4) is 0 Å². The predicted octanol–water partition coefficient (Wildman–Crippen LogP) is 7.73. The number of hydrogen-bond acceptors (Lipinski definition) is 5. The van der Waals surface area contributed by atoms with Gasteiger partial charge in [-0.3, -0.25) is 13.8 Å². The monoisotopic (exact) mass is 637 g/mol. The first-order valence-corrected chi connectivity index (χ1v) is 17.8. The summed E-state index contributed by atoms with van der Waals surface area (Å²) in [6.45, 7) is 4.47. The van der Waals surface area contributed by atoms with Crippen molar-refractivity contribution >= 4 is 13.7 Å². The summed E-state index contributed by atoms with van der Waals surface area (Å²) in [6, 6.07) is -0.883. The molecular formula is C35H62N2O6P+. The van der Waals surface area contributed by atoms with Gasteiger partial charge in [-0.1, -0.05) is 93.2 Å². The summed E-state index contributed by atoms with van der Waals surface area (Å²) >= 11 is 0. The molecule has 0 rings (SSSR count). The van der Waals surface area contributed by atoms with Crippen molar-refractivity contribution in [1.82, 2.24) is 5.32 Å². The van der Waals surface area contributed by atoms with E-state index in [-0.39, 0.29) is 19.1 Å². The molecule has 0 aliphatic rings. The Labute approximate surface area is 268 Å². The first-order chi connectivity index (χ1) is 21.0. The van der Waals surface area contributed by atoms with E-state index in [2.05, 4.69) is 79.9 Å². The lowest BCUT2D eigenvalue weighted by molar-refractivity contribution is -0.870. The van der Waals surface area contributed by atoms with Crippen molar-refractivity contribution < 1.29 is 32.9 Å². The van der Waals surface area contributed by atoms with E-state index in [0.29, 0.717) is 23.9 Å². The molecule has 44 heavy (non-hydrogen) atoms. The first-order valence-electron chi connectivity index (χ1n) is 16.3. The minimum Gasteiger partial charge on any atom is -0.387 e. The number of rotatable bonds is 27.